The summed E-state index contributed by atoms with van der Waals surface area (Å²) in [6.45, 7) is 4.07. The lowest BCUT2D eigenvalue weighted by molar-refractivity contribution is 0.0686. The first-order valence-electron chi connectivity index (χ1n) is 15.0. The number of aromatic carboxylic acids is 2. The maximum atomic E-state index is 11.6. The summed E-state index contributed by atoms with van der Waals surface area (Å²) >= 11 is 0. The smallest absolute Gasteiger partial charge is 0.341 e. The highest BCUT2D eigenvalue weighted by molar-refractivity contribution is 5.92. The molecule has 20 heteroatoms. The summed E-state index contributed by atoms with van der Waals surface area (Å²) in [4.78, 5) is 23.2. The molecule has 5 heterocycles. The molecule has 0 spiro atoms. The Hall–Kier alpha value is -6.34. The number of carboxylic acids is 2. The summed E-state index contributed by atoms with van der Waals surface area (Å²) in [5, 5.41) is 61.6. The molecule has 0 saturated carbocycles. The molecule has 5 aromatic rings. The Morgan fingerprint density at radius 1 is 0.708 bits per heavy atom. The first-order valence-corrected chi connectivity index (χ1v) is 15.0. The van der Waals surface area contributed by atoms with Crippen molar-refractivity contribution in [1.82, 2.24) is 49.3 Å². The van der Waals surface area contributed by atoms with Crippen LogP contribution in [0.4, 0.5) is 34.6 Å². The molecule has 250 valence electrons. The predicted octanol–water partition coefficient (Wildman–Crippen LogP) is 4.39. The number of azo groups is 2. The van der Waals surface area contributed by atoms with Crippen LogP contribution in [0.15, 0.2) is 45.0 Å². The molecule has 0 radical (unpaired) electrons. The predicted molar refractivity (Wildman–Crippen MR) is 171 cm³/mol. The number of rotatable bonds is 14. The van der Waals surface area contributed by atoms with E-state index in [1.165, 1.54) is 31.1 Å². The minimum Gasteiger partial charge on any atom is -0.477 e. The minimum absolute atomic E-state index is 0.0527. The van der Waals surface area contributed by atoms with Crippen molar-refractivity contribution in [1.29, 1.82) is 0 Å². The van der Waals surface area contributed by atoms with Gasteiger partial charge in [0.05, 0.1) is 23.8 Å². The number of unbranched alkanes of at least 4 members (excludes halogenated alkanes) is 2. The molecule has 48 heavy (non-hydrogen) atoms. The summed E-state index contributed by atoms with van der Waals surface area (Å²) in [6, 6.07) is 3.26. The third kappa shape index (κ3) is 6.48. The van der Waals surface area contributed by atoms with Gasteiger partial charge >= 0.3 is 11.9 Å². The van der Waals surface area contributed by atoms with Gasteiger partial charge in [-0.3, -0.25) is 0 Å². The van der Waals surface area contributed by atoms with Gasteiger partial charge in [0, 0.05) is 14.1 Å². The van der Waals surface area contributed by atoms with Gasteiger partial charge in [0.15, 0.2) is 46.3 Å². The number of nitrogens with two attached hydrogens (primary N) is 2. The van der Waals surface area contributed by atoms with Gasteiger partial charge in [0.1, 0.15) is 11.1 Å². The van der Waals surface area contributed by atoms with Crippen LogP contribution < -0.4 is 11.5 Å². The van der Waals surface area contributed by atoms with Gasteiger partial charge in [-0.05, 0) is 37.8 Å². The number of hydrogen-bond donors (Lipinski definition) is 4. The zero-order chi connectivity index (χ0) is 34.5. The van der Waals surface area contributed by atoms with Gasteiger partial charge in [-0.1, -0.05) is 26.7 Å². The van der Waals surface area contributed by atoms with Gasteiger partial charge in [-0.2, -0.15) is 29.8 Å². The van der Waals surface area contributed by atoms with Gasteiger partial charge in [-0.25, -0.2) is 19.0 Å². The van der Waals surface area contributed by atoms with Crippen LogP contribution in [0.5, 0.6) is 0 Å². The minimum atomic E-state index is -1.19. The second kappa shape index (κ2) is 14.0. The Kier molecular flexibility index (Phi) is 9.62. The van der Waals surface area contributed by atoms with Crippen LogP contribution in [0.1, 0.15) is 71.6 Å². The molecular formula is C28H34N16O4. The molecular weight excluding hydrogens is 624 g/mol. The molecule has 5 rings (SSSR count). The maximum absolute atomic E-state index is 11.6. The average molecular weight is 659 g/mol. The Labute approximate surface area is 272 Å². The van der Waals surface area contributed by atoms with E-state index in [0.29, 0.717) is 24.2 Å². The van der Waals surface area contributed by atoms with Crippen molar-refractivity contribution in [2.45, 2.75) is 52.4 Å². The Morgan fingerprint density at radius 2 is 1.10 bits per heavy atom. The number of nitrogen functional groups attached to an aromatic ring is 2. The van der Waals surface area contributed by atoms with Crippen LogP contribution in [0.25, 0.3) is 11.6 Å². The van der Waals surface area contributed by atoms with Crippen molar-refractivity contribution in [3.8, 4) is 11.6 Å². The Bertz CT molecular complexity index is 1870. The van der Waals surface area contributed by atoms with E-state index >= 15 is 0 Å². The third-order valence-corrected chi connectivity index (χ3v) is 7.30. The van der Waals surface area contributed by atoms with Gasteiger partial charge in [0.2, 0.25) is 0 Å². The van der Waals surface area contributed by atoms with E-state index in [2.05, 4.69) is 51.0 Å². The normalized spacial score (nSPS) is 11.8. The Morgan fingerprint density at radius 3 is 1.44 bits per heavy atom. The monoisotopic (exact) mass is 658 g/mol. The van der Waals surface area contributed by atoms with Crippen LogP contribution in [-0.2, 0) is 26.9 Å². The fourth-order valence-electron chi connectivity index (χ4n) is 4.67. The van der Waals surface area contributed by atoms with E-state index in [4.69, 9.17) is 11.5 Å². The van der Waals surface area contributed by atoms with Crippen LogP contribution in [0.3, 0.4) is 0 Å². The lowest BCUT2D eigenvalue weighted by atomic mass is 10.2. The fraction of sp³-hybridized carbons (Fsp3) is 0.357. The summed E-state index contributed by atoms with van der Waals surface area (Å²) in [7, 11) is 3.12. The lowest BCUT2D eigenvalue weighted by Gasteiger charge is -2.05. The van der Waals surface area contributed by atoms with E-state index in [0.717, 1.165) is 25.7 Å². The maximum Gasteiger partial charge on any atom is 0.341 e. The molecule has 0 aliphatic heterocycles. The third-order valence-electron chi connectivity index (χ3n) is 7.30. The van der Waals surface area contributed by atoms with Crippen molar-refractivity contribution < 1.29 is 19.8 Å². The van der Waals surface area contributed by atoms with Crippen molar-refractivity contribution in [3.05, 3.63) is 47.0 Å². The van der Waals surface area contributed by atoms with E-state index in [9.17, 15) is 19.8 Å². The standard InChI is InChI=1S/C28H34N16O4/c1-5-7-9-17-21(35-37-25-15(27(45)46)13-31-41(25)3)23(29)43(39-17)19-11-12-20(34-33-19)44-24(30)22(18(40-44)10-8-6-2)36-38-26-16(28(47)48)14-32-42(26)4/h11-14H,5-10,29-30H2,1-4H3,(H,45,46)(H,47,48). The van der Waals surface area contributed by atoms with E-state index < -0.39 is 11.9 Å². The number of anilines is 2. The molecule has 0 amide bonds. The van der Waals surface area contributed by atoms with Crippen LogP contribution >= 0.6 is 0 Å². The highest BCUT2D eigenvalue weighted by Gasteiger charge is 2.22. The second-order valence-electron chi connectivity index (χ2n) is 10.7. The van der Waals surface area contributed by atoms with Gasteiger partial charge in [0.25, 0.3) is 0 Å². The van der Waals surface area contributed by atoms with Crippen molar-refractivity contribution in [3.63, 3.8) is 0 Å². The summed E-state index contributed by atoms with van der Waals surface area (Å²) in [5.74, 6) is -1.46. The largest absolute Gasteiger partial charge is 0.477 e. The second-order valence-corrected chi connectivity index (χ2v) is 10.7. The first kappa shape index (κ1) is 33.0. The fourth-order valence-corrected chi connectivity index (χ4v) is 4.67. The molecule has 0 aromatic carbocycles. The van der Waals surface area contributed by atoms with Crippen LogP contribution in [-0.4, -0.2) is 71.5 Å². The average Bonchev–Trinajstić information content (AvgIpc) is 3.80. The summed E-state index contributed by atoms with van der Waals surface area (Å²) < 4.78 is 5.36. The zero-order valence-electron chi connectivity index (χ0n) is 26.7. The summed E-state index contributed by atoms with van der Waals surface area (Å²) in [6.07, 6.45) is 6.84. The zero-order valence-corrected chi connectivity index (χ0v) is 26.7. The number of aromatic nitrogens is 10. The number of carbonyl (C=O) groups is 2. The van der Waals surface area contributed by atoms with Crippen molar-refractivity contribution in [2.75, 3.05) is 11.5 Å². The highest BCUT2D eigenvalue weighted by atomic mass is 16.4. The van der Waals surface area contributed by atoms with E-state index in [-0.39, 0.29) is 57.4 Å². The number of nitrogens with zero attached hydrogens (tertiary/aromatic N) is 14. The number of carboxylic acid groups (broad SMARTS) is 2. The topological polar surface area (TPSA) is 273 Å². The highest BCUT2D eigenvalue weighted by Crippen LogP contribution is 2.34. The van der Waals surface area contributed by atoms with E-state index in [1.54, 1.807) is 26.2 Å². The lowest BCUT2D eigenvalue weighted by Crippen LogP contribution is -2.09. The van der Waals surface area contributed by atoms with Crippen LogP contribution in [0.2, 0.25) is 0 Å². The van der Waals surface area contributed by atoms with Gasteiger partial charge in [-0.15, -0.1) is 30.7 Å². The van der Waals surface area contributed by atoms with Crippen molar-refractivity contribution >= 4 is 46.6 Å². The first-order chi connectivity index (χ1) is 23.0. The molecule has 0 bridgehead atoms. The molecule has 0 saturated heterocycles. The summed E-state index contributed by atoms with van der Waals surface area (Å²) in [5.41, 5.74) is 14.4. The van der Waals surface area contributed by atoms with Crippen LogP contribution in [0, 0.1) is 0 Å². The molecule has 5 aromatic heterocycles. The SMILES string of the molecule is CCCCc1nn(-c2ccc(-n3nc(CCCC)c(N=Nc4c(C(=O)O)cnn4C)c3N)nn2)c(N)c1N=Nc1c(C(=O)O)cnn1C. The number of aryl methyl sites for hydroxylation is 4. The number of hydrogen-bond acceptors (Lipinski definition) is 14. The molecule has 0 fully saturated rings. The molecule has 0 aliphatic rings. The molecule has 0 unspecified atom stereocenters. The molecule has 6 N–H and O–H groups in total. The molecule has 0 aliphatic carbocycles. The molecule has 20 nitrogen and oxygen atoms in total. The van der Waals surface area contributed by atoms with Gasteiger partial charge < -0.3 is 21.7 Å². The van der Waals surface area contributed by atoms with E-state index in [1.807, 2.05) is 13.8 Å². The quantitative estimate of drug-likeness (QED) is 0.121. The Balaban J connectivity index is 1.49. The molecule has 0 atom stereocenters. The van der Waals surface area contributed by atoms with Crippen molar-refractivity contribution in [2.24, 2.45) is 34.6 Å².